The maximum Gasteiger partial charge on any atom is 0.327 e. The molecule has 1 amide bonds. The Bertz CT molecular complexity index is 1460. The predicted molar refractivity (Wildman–Crippen MR) is 156 cm³/mol. The van der Waals surface area contributed by atoms with Crippen LogP contribution in [-0.2, 0) is 14.8 Å². The van der Waals surface area contributed by atoms with Crippen LogP contribution >= 0.6 is 0 Å². The summed E-state index contributed by atoms with van der Waals surface area (Å²) < 4.78 is 28.7. The lowest BCUT2D eigenvalue weighted by Gasteiger charge is -2.41. The molecule has 4 N–H and O–H groups in total. The molecule has 3 aromatic rings. The first kappa shape index (κ1) is 29.9. The molecule has 4 rings (SSSR count). The third kappa shape index (κ3) is 7.01. The molecule has 0 unspecified atom stereocenters. The van der Waals surface area contributed by atoms with Crippen LogP contribution < -0.4 is 20.3 Å². The second kappa shape index (κ2) is 12.2. The van der Waals surface area contributed by atoms with E-state index in [9.17, 15) is 23.1 Å². The molecule has 1 aliphatic rings. The third-order valence-electron chi connectivity index (χ3n) is 7.39. The van der Waals surface area contributed by atoms with Crippen molar-refractivity contribution >= 4 is 33.5 Å². The zero-order valence-electron chi connectivity index (χ0n) is 23.4. The van der Waals surface area contributed by atoms with Gasteiger partial charge in [0.25, 0.3) is 5.91 Å². The zero-order chi connectivity index (χ0) is 29.7. The van der Waals surface area contributed by atoms with E-state index in [0.717, 1.165) is 31.6 Å². The van der Waals surface area contributed by atoms with E-state index in [1.165, 1.54) is 12.1 Å². The average Bonchev–Trinajstić information content (AvgIpc) is 2.96. The molecule has 1 atom stereocenters. The fraction of sp³-hybridized carbons (Fsp3) is 0.379. The number of nitrogens with one attached hydrogen (secondary N) is 3. The molecule has 2 heterocycles. The summed E-state index contributed by atoms with van der Waals surface area (Å²) in [5.74, 6) is -1.29. The summed E-state index contributed by atoms with van der Waals surface area (Å²) in [5, 5.41) is 16.3. The molecule has 218 valence electrons. The van der Waals surface area contributed by atoms with Crippen LogP contribution in [-0.4, -0.2) is 66.6 Å². The SMILES string of the molecule is CC(C)(C)[C@](CNC(=O)c1cccc(N2CCC(Nc3ncccn3)CC2)c1)(NS(=O)(=O)c1ccccc1)C(=O)O. The summed E-state index contributed by atoms with van der Waals surface area (Å²) in [6.45, 7) is 5.92. The topological polar surface area (TPSA) is 154 Å². The van der Waals surface area contributed by atoms with Gasteiger partial charge in [-0.05, 0) is 54.7 Å². The normalized spacial score (nSPS) is 16.0. The van der Waals surface area contributed by atoms with Crippen molar-refractivity contribution in [2.24, 2.45) is 5.41 Å². The number of carboxylic acid groups (broad SMARTS) is 1. The van der Waals surface area contributed by atoms with Gasteiger partial charge in [-0.3, -0.25) is 9.59 Å². The predicted octanol–water partition coefficient (Wildman–Crippen LogP) is 3.14. The van der Waals surface area contributed by atoms with Gasteiger partial charge in [0, 0.05) is 49.3 Å². The van der Waals surface area contributed by atoms with Crippen LogP contribution in [0.3, 0.4) is 0 Å². The second-order valence-electron chi connectivity index (χ2n) is 11.1. The number of hydrogen-bond acceptors (Lipinski definition) is 8. The number of amides is 1. The first-order valence-corrected chi connectivity index (χ1v) is 14.9. The molecule has 1 aromatic heterocycles. The van der Waals surface area contributed by atoms with Crippen LogP contribution in [0.5, 0.6) is 0 Å². The molecule has 0 saturated carbocycles. The van der Waals surface area contributed by atoms with Crippen LogP contribution in [0.4, 0.5) is 11.6 Å². The minimum absolute atomic E-state index is 0.0656. The lowest BCUT2D eigenvalue weighted by molar-refractivity contribution is -0.148. The first-order chi connectivity index (χ1) is 19.4. The van der Waals surface area contributed by atoms with Crippen LogP contribution in [0.2, 0.25) is 0 Å². The number of anilines is 2. The fourth-order valence-corrected chi connectivity index (χ4v) is 6.34. The van der Waals surface area contributed by atoms with Crippen LogP contribution in [0.1, 0.15) is 44.0 Å². The molecule has 1 aliphatic heterocycles. The molecule has 0 bridgehead atoms. The molecule has 1 saturated heterocycles. The Hall–Kier alpha value is -4.03. The molecule has 2 aromatic carbocycles. The summed E-state index contributed by atoms with van der Waals surface area (Å²) in [5.41, 5.74) is -1.90. The maximum atomic E-state index is 13.2. The van der Waals surface area contributed by atoms with Crippen molar-refractivity contribution < 1.29 is 23.1 Å². The summed E-state index contributed by atoms with van der Waals surface area (Å²) in [6, 6.07) is 16.7. The highest BCUT2D eigenvalue weighted by Crippen LogP contribution is 2.32. The number of carbonyl (C=O) groups excluding carboxylic acids is 1. The number of aromatic nitrogens is 2. The van der Waals surface area contributed by atoms with Crippen molar-refractivity contribution in [2.75, 3.05) is 29.9 Å². The lowest BCUT2D eigenvalue weighted by atomic mass is 9.74. The number of carbonyl (C=O) groups is 2. The minimum Gasteiger partial charge on any atom is -0.480 e. The minimum atomic E-state index is -4.21. The summed E-state index contributed by atoms with van der Waals surface area (Å²) in [4.78, 5) is 36.4. The molecule has 1 fully saturated rings. The second-order valence-corrected chi connectivity index (χ2v) is 12.8. The zero-order valence-corrected chi connectivity index (χ0v) is 24.2. The maximum absolute atomic E-state index is 13.2. The number of sulfonamides is 1. The van der Waals surface area contributed by atoms with E-state index in [1.807, 2.05) is 6.07 Å². The van der Waals surface area contributed by atoms with Gasteiger partial charge < -0.3 is 20.6 Å². The highest BCUT2D eigenvalue weighted by atomic mass is 32.2. The van der Waals surface area contributed by atoms with Gasteiger partial charge >= 0.3 is 5.97 Å². The van der Waals surface area contributed by atoms with E-state index < -0.39 is 39.4 Å². The Morgan fingerprint density at radius 2 is 1.63 bits per heavy atom. The summed E-state index contributed by atoms with van der Waals surface area (Å²) >= 11 is 0. The van der Waals surface area contributed by atoms with E-state index in [1.54, 1.807) is 75.6 Å². The molecule has 0 radical (unpaired) electrons. The van der Waals surface area contributed by atoms with E-state index in [2.05, 4.69) is 30.2 Å². The van der Waals surface area contributed by atoms with Crippen molar-refractivity contribution in [3.8, 4) is 0 Å². The highest BCUT2D eigenvalue weighted by Gasteiger charge is 2.52. The Labute approximate surface area is 240 Å². The number of aliphatic carboxylic acids is 1. The monoisotopic (exact) mass is 580 g/mol. The first-order valence-electron chi connectivity index (χ1n) is 13.4. The van der Waals surface area contributed by atoms with E-state index in [-0.39, 0.29) is 10.9 Å². The Morgan fingerprint density at radius 1 is 0.976 bits per heavy atom. The van der Waals surface area contributed by atoms with Crippen LogP contribution in [0, 0.1) is 5.41 Å². The smallest absolute Gasteiger partial charge is 0.327 e. The van der Waals surface area contributed by atoms with E-state index >= 15 is 0 Å². The van der Waals surface area contributed by atoms with Gasteiger partial charge in [-0.2, -0.15) is 4.72 Å². The van der Waals surface area contributed by atoms with Crippen LogP contribution in [0.25, 0.3) is 0 Å². The molecular formula is C29H36N6O5S. The molecular weight excluding hydrogens is 544 g/mol. The number of carboxylic acids is 1. The molecule has 11 nitrogen and oxygen atoms in total. The third-order valence-corrected chi connectivity index (χ3v) is 8.90. The van der Waals surface area contributed by atoms with Gasteiger partial charge in [0.2, 0.25) is 16.0 Å². The fourth-order valence-electron chi connectivity index (χ4n) is 4.78. The summed E-state index contributed by atoms with van der Waals surface area (Å²) in [7, 11) is -4.21. The lowest BCUT2D eigenvalue weighted by Crippen LogP contribution is -2.67. The van der Waals surface area contributed by atoms with Gasteiger partial charge in [-0.1, -0.05) is 45.0 Å². The standard InChI is InChI=1S/C29H36N6O5S/c1-28(2,3)29(26(37)38,34-41(39,40)24-11-5-4-6-12-24)20-32-25(36)21-9-7-10-23(19-21)35-17-13-22(14-18-35)33-27-30-15-8-16-31-27/h4-12,15-16,19,22,34H,13-14,17-18,20H2,1-3H3,(H,32,36)(H,37,38)(H,30,31,33)/t29-/m1/s1. The average molecular weight is 581 g/mol. The van der Waals surface area contributed by atoms with Gasteiger partial charge in [0.1, 0.15) is 0 Å². The number of benzene rings is 2. The molecule has 0 aliphatic carbocycles. The molecule has 0 spiro atoms. The Balaban J connectivity index is 1.45. The van der Waals surface area contributed by atoms with Gasteiger partial charge in [-0.15, -0.1) is 0 Å². The summed E-state index contributed by atoms with van der Waals surface area (Å²) in [6.07, 6.45) is 5.12. The van der Waals surface area contributed by atoms with Gasteiger partial charge in [0.05, 0.1) is 4.90 Å². The number of rotatable bonds is 10. The Morgan fingerprint density at radius 3 is 2.24 bits per heavy atom. The van der Waals surface area contributed by atoms with Crippen molar-refractivity contribution in [1.82, 2.24) is 20.0 Å². The van der Waals surface area contributed by atoms with Crippen molar-refractivity contribution in [1.29, 1.82) is 0 Å². The van der Waals surface area contributed by atoms with E-state index in [0.29, 0.717) is 11.5 Å². The number of hydrogen-bond donors (Lipinski definition) is 4. The van der Waals surface area contributed by atoms with Crippen LogP contribution in [0.15, 0.2) is 78.0 Å². The van der Waals surface area contributed by atoms with Gasteiger partial charge in [0.15, 0.2) is 5.54 Å². The van der Waals surface area contributed by atoms with Crippen molar-refractivity contribution in [3.63, 3.8) is 0 Å². The van der Waals surface area contributed by atoms with Gasteiger partial charge in [-0.25, -0.2) is 18.4 Å². The highest BCUT2D eigenvalue weighted by molar-refractivity contribution is 7.89. The molecule has 12 heteroatoms. The van der Waals surface area contributed by atoms with Crippen molar-refractivity contribution in [3.05, 3.63) is 78.6 Å². The Kier molecular flexibility index (Phi) is 8.93. The van der Waals surface area contributed by atoms with E-state index in [4.69, 9.17) is 0 Å². The van der Waals surface area contributed by atoms with Crippen molar-refractivity contribution in [2.45, 2.75) is 50.1 Å². The number of piperidine rings is 1. The number of nitrogens with zero attached hydrogens (tertiary/aromatic N) is 3. The quantitative estimate of drug-likeness (QED) is 0.283. The largest absolute Gasteiger partial charge is 0.480 e. The molecule has 41 heavy (non-hydrogen) atoms.